The average Bonchev–Trinajstić information content (AvgIpc) is 2.27. The molecule has 1 aliphatic rings. The Hall–Kier alpha value is -1.79. The Morgan fingerprint density at radius 1 is 1.42 bits per heavy atom. The number of primary amides is 1. The zero-order chi connectivity index (χ0) is 14.4. The SMILES string of the molecule is CN(CC1CCC1)C(=O)N[C@H](CCC(N)=O)C(=O)O. The van der Waals surface area contributed by atoms with Crippen LogP contribution < -0.4 is 11.1 Å². The van der Waals surface area contributed by atoms with Gasteiger partial charge in [0.05, 0.1) is 0 Å². The van der Waals surface area contributed by atoms with Gasteiger partial charge in [0.1, 0.15) is 6.04 Å². The van der Waals surface area contributed by atoms with Crippen LogP contribution in [0.4, 0.5) is 4.79 Å². The van der Waals surface area contributed by atoms with E-state index in [0.717, 1.165) is 12.8 Å². The van der Waals surface area contributed by atoms with Crippen molar-refractivity contribution in [1.82, 2.24) is 10.2 Å². The van der Waals surface area contributed by atoms with E-state index < -0.39 is 23.9 Å². The van der Waals surface area contributed by atoms with Crippen LogP contribution in [-0.4, -0.2) is 47.5 Å². The number of carboxylic acids is 1. The summed E-state index contributed by atoms with van der Waals surface area (Å²) in [6.45, 7) is 0.633. The van der Waals surface area contributed by atoms with Crippen molar-refractivity contribution in [3.05, 3.63) is 0 Å². The number of urea groups is 1. The van der Waals surface area contributed by atoms with Gasteiger partial charge in [0.25, 0.3) is 0 Å². The lowest BCUT2D eigenvalue weighted by atomic mass is 9.85. The van der Waals surface area contributed by atoms with Crippen LogP contribution in [0, 0.1) is 5.92 Å². The van der Waals surface area contributed by atoms with Crippen molar-refractivity contribution >= 4 is 17.9 Å². The molecule has 0 aromatic carbocycles. The van der Waals surface area contributed by atoms with E-state index in [1.54, 1.807) is 7.05 Å². The van der Waals surface area contributed by atoms with Crippen LogP contribution in [0.2, 0.25) is 0 Å². The van der Waals surface area contributed by atoms with Crippen molar-refractivity contribution in [3.63, 3.8) is 0 Å². The quantitative estimate of drug-likeness (QED) is 0.611. The number of carbonyl (C=O) groups is 3. The van der Waals surface area contributed by atoms with E-state index >= 15 is 0 Å². The fourth-order valence-electron chi connectivity index (χ4n) is 1.95. The van der Waals surface area contributed by atoms with Gasteiger partial charge in [-0.25, -0.2) is 9.59 Å². The van der Waals surface area contributed by atoms with Gasteiger partial charge in [-0.2, -0.15) is 0 Å². The predicted octanol–water partition coefficient (Wildman–Crippen LogP) is 0.147. The summed E-state index contributed by atoms with van der Waals surface area (Å²) in [5.74, 6) is -1.22. The molecule has 1 atom stereocenters. The number of carboxylic acid groups (broad SMARTS) is 1. The lowest BCUT2D eigenvalue weighted by Crippen LogP contribution is -2.48. The zero-order valence-electron chi connectivity index (χ0n) is 11.1. The first-order valence-corrected chi connectivity index (χ1v) is 6.43. The first kappa shape index (κ1) is 15.3. The molecule has 3 amide bonds. The highest BCUT2D eigenvalue weighted by atomic mass is 16.4. The summed E-state index contributed by atoms with van der Waals surface area (Å²) in [7, 11) is 1.64. The summed E-state index contributed by atoms with van der Waals surface area (Å²) in [5, 5.41) is 11.4. The van der Waals surface area contributed by atoms with Crippen LogP contribution in [-0.2, 0) is 9.59 Å². The van der Waals surface area contributed by atoms with Crippen LogP contribution in [0.15, 0.2) is 0 Å². The van der Waals surface area contributed by atoms with Gasteiger partial charge in [0.15, 0.2) is 0 Å². The number of hydrogen-bond donors (Lipinski definition) is 3. The average molecular weight is 271 g/mol. The minimum absolute atomic E-state index is 0.00761. The topological polar surface area (TPSA) is 113 Å². The molecule has 7 nitrogen and oxygen atoms in total. The van der Waals surface area contributed by atoms with Crippen molar-refractivity contribution in [2.24, 2.45) is 11.7 Å². The highest BCUT2D eigenvalue weighted by molar-refractivity contribution is 5.83. The summed E-state index contributed by atoms with van der Waals surface area (Å²) >= 11 is 0. The van der Waals surface area contributed by atoms with Gasteiger partial charge in [0.2, 0.25) is 5.91 Å². The van der Waals surface area contributed by atoms with E-state index in [2.05, 4.69) is 5.32 Å². The van der Waals surface area contributed by atoms with Gasteiger partial charge in [0, 0.05) is 20.0 Å². The second kappa shape index (κ2) is 6.96. The number of carbonyl (C=O) groups excluding carboxylic acids is 2. The van der Waals surface area contributed by atoms with Crippen LogP contribution >= 0.6 is 0 Å². The fourth-order valence-corrected chi connectivity index (χ4v) is 1.95. The number of nitrogens with one attached hydrogen (secondary N) is 1. The molecule has 1 saturated carbocycles. The molecule has 4 N–H and O–H groups in total. The number of nitrogens with two attached hydrogens (primary N) is 1. The van der Waals surface area contributed by atoms with Crippen molar-refractivity contribution in [3.8, 4) is 0 Å². The van der Waals surface area contributed by atoms with E-state index in [4.69, 9.17) is 10.8 Å². The molecule has 0 aromatic rings. The normalized spacial score (nSPS) is 16.3. The molecular weight excluding hydrogens is 250 g/mol. The van der Waals surface area contributed by atoms with Crippen LogP contribution in [0.1, 0.15) is 32.1 Å². The smallest absolute Gasteiger partial charge is 0.326 e. The number of nitrogens with zero attached hydrogens (tertiary/aromatic N) is 1. The van der Waals surface area contributed by atoms with Crippen LogP contribution in [0.3, 0.4) is 0 Å². The van der Waals surface area contributed by atoms with E-state index in [9.17, 15) is 14.4 Å². The largest absolute Gasteiger partial charge is 0.480 e. The Labute approximate surface area is 112 Å². The molecule has 0 unspecified atom stereocenters. The molecule has 0 aliphatic heterocycles. The summed E-state index contributed by atoms with van der Waals surface area (Å²) in [4.78, 5) is 34.9. The number of amides is 3. The third-order valence-electron chi connectivity index (χ3n) is 3.38. The van der Waals surface area contributed by atoms with Crippen LogP contribution in [0.5, 0.6) is 0 Å². The summed E-state index contributed by atoms with van der Waals surface area (Å²) in [6, 6.07) is -1.51. The molecule has 0 aromatic heterocycles. The summed E-state index contributed by atoms with van der Waals surface area (Å²) < 4.78 is 0. The number of hydrogen-bond acceptors (Lipinski definition) is 3. The highest BCUT2D eigenvalue weighted by Crippen LogP contribution is 2.26. The van der Waals surface area contributed by atoms with Crippen molar-refractivity contribution in [2.75, 3.05) is 13.6 Å². The van der Waals surface area contributed by atoms with E-state index in [0.29, 0.717) is 12.5 Å². The maximum atomic E-state index is 11.8. The molecule has 1 fully saturated rings. The molecule has 0 spiro atoms. The second-order valence-electron chi connectivity index (χ2n) is 5.02. The lowest BCUT2D eigenvalue weighted by Gasteiger charge is -2.30. The first-order chi connectivity index (χ1) is 8.90. The lowest BCUT2D eigenvalue weighted by molar-refractivity contribution is -0.139. The maximum Gasteiger partial charge on any atom is 0.326 e. The Morgan fingerprint density at radius 3 is 2.47 bits per heavy atom. The Morgan fingerprint density at radius 2 is 2.05 bits per heavy atom. The second-order valence-corrected chi connectivity index (χ2v) is 5.02. The monoisotopic (exact) mass is 271 g/mol. The van der Waals surface area contributed by atoms with Gasteiger partial charge in [-0.1, -0.05) is 6.42 Å². The van der Waals surface area contributed by atoms with Crippen LogP contribution in [0.25, 0.3) is 0 Å². The minimum Gasteiger partial charge on any atom is -0.480 e. The molecule has 0 bridgehead atoms. The van der Waals surface area contributed by atoms with Crippen molar-refractivity contribution < 1.29 is 19.5 Å². The third-order valence-corrected chi connectivity index (χ3v) is 3.38. The molecule has 0 saturated heterocycles. The highest BCUT2D eigenvalue weighted by Gasteiger charge is 2.25. The molecule has 1 rings (SSSR count). The van der Waals surface area contributed by atoms with E-state index in [-0.39, 0.29) is 12.8 Å². The maximum absolute atomic E-state index is 11.8. The van der Waals surface area contributed by atoms with Gasteiger partial charge in [-0.05, 0) is 25.2 Å². The minimum atomic E-state index is -1.16. The molecule has 19 heavy (non-hydrogen) atoms. The first-order valence-electron chi connectivity index (χ1n) is 6.43. The van der Waals surface area contributed by atoms with Gasteiger partial charge in [-0.3, -0.25) is 4.79 Å². The van der Waals surface area contributed by atoms with Gasteiger partial charge in [-0.15, -0.1) is 0 Å². The summed E-state index contributed by atoms with van der Waals surface area (Å²) in [6.07, 6.45) is 3.36. The third kappa shape index (κ3) is 5.15. The van der Waals surface area contributed by atoms with E-state index in [1.165, 1.54) is 11.3 Å². The Balaban J connectivity index is 2.40. The number of aliphatic carboxylic acids is 1. The zero-order valence-corrected chi connectivity index (χ0v) is 11.1. The Bertz CT molecular complexity index is 355. The summed E-state index contributed by atoms with van der Waals surface area (Å²) in [5.41, 5.74) is 4.97. The van der Waals surface area contributed by atoms with Crippen molar-refractivity contribution in [2.45, 2.75) is 38.1 Å². The molecule has 108 valence electrons. The van der Waals surface area contributed by atoms with Gasteiger partial charge >= 0.3 is 12.0 Å². The standard InChI is InChI=1S/C12H21N3O4/c1-15(7-8-3-2-4-8)12(19)14-9(11(17)18)5-6-10(13)16/h8-9H,2-7H2,1H3,(H2,13,16)(H,14,19)(H,17,18)/t9-/m1/s1. The predicted molar refractivity (Wildman–Crippen MR) is 68.4 cm³/mol. The van der Waals surface area contributed by atoms with Gasteiger partial charge < -0.3 is 21.1 Å². The Kier molecular flexibility index (Phi) is 5.59. The number of rotatable bonds is 7. The van der Waals surface area contributed by atoms with E-state index in [1.807, 2.05) is 0 Å². The fraction of sp³-hybridized carbons (Fsp3) is 0.750. The molecule has 0 radical (unpaired) electrons. The molecule has 1 aliphatic carbocycles. The molecular formula is C12H21N3O4. The molecule has 7 heteroatoms. The molecule has 0 heterocycles. The van der Waals surface area contributed by atoms with Crippen molar-refractivity contribution in [1.29, 1.82) is 0 Å².